The standard InChI is InChI=1S/C10H10I2O3/c11-14-7-9(15-12)6-10(13)8-4-2-1-3-5-8/h1-5,9H,6-7H2. The number of hydrogen-bond acceptors (Lipinski definition) is 3. The van der Waals surface area contributed by atoms with Crippen LogP contribution in [0.25, 0.3) is 0 Å². The van der Waals surface area contributed by atoms with E-state index >= 15 is 0 Å². The largest absolute Gasteiger partial charge is 0.313 e. The van der Waals surface area contributed by atoms with E-state index in [4.69, 9.17) is 6.13 Å². The van der Waals surface area contributed by atoms with E-state index in [1.165, 1.54) is 0 Å². The molecule has 1 atom stereocenters. The molecule has 0 aliphatic carbocycles. The summed E-state index contributed by atoms with van der Waals surface area (Å²) in [5.74, 6) is 0.0747. The summed E-state index contributed by atoms with van der Waals surface area (Å²) in [6.07, 6.45) is 0.158. The Kier molecular flexibility index (Phi) is 6.69. The van der Waals surface area contributed by atoms with Crippen LogP contribution in [0.4, 0.5) is 0 Å². The molecule has 0 amide bonds. The first kappa shape index (κ1) is 13.3. The van der Waals surface area contributed by atoms with Gasteiger partial charge in [-0.15, -0.1) is 0 Å². The average molecular weight is 432 g/mol. The lowest BCUT2D eigenvalue weighted by Gasteiger charge is -2.10. The van der Waals surface area contributed by atoms with E-state index in [1.54, 1.807) is 58.1 Å². The first-order valence-electron chi connectivity index (χ1n) is 4.37. The van der Waals surface area contributed by atoms with Gasteiger partial charge >= 0.3 is 0 Å². The third-order valence-electron chi connectivity index (χ3n) is 1.88. The summed E-state index contributed by atoms with van der Waals surface area (Å²) in [5, 5.41) is 0. The van der Waals surface area contributed by atoms with Crippen LogP contribution >= 0.6 is 46.0 Å². The fraction of sp³-hybridized carbons (Fsp3) is 0.300. The van der Waals surface area contributed by atoms with Crippen molar-refractivity contribution in [3.63, 3.8) is 0 Å². The molecule has 1 aromatic carbocycles. The van der Waals surface area contributed by atoms with Crippen LogP contribution in [0.1, 0.15) is 16.8 Å². The Balaban J connectivity index is 2.55. The highest BCUT2D eigenvalue weighted by Crippen LogP contribution is 2.11. The van der Waals surface area contributed by atoms with Crippen LogP contribution in [0.5, 0.6) is 0 Å². The molecule has 0 aliphatic heterocycles. The molecule has 82 valence electrons. The normalized spacial score (nSPS) is 12.4. The van der Waals surface area contributed by atoms with E-state index in [1.807, 2.05) is 18.2 Å². The number of halogens is 2. The van der Waals surface area contributed by atoms with Crippen molar-refractivity contribution in [2.75, 3.05) is 6.61 Å². The molecular formula is C10H10I2O3. The van der Waals surface area contributed by atoms with Crippen LogP contribution in [-0.4, -0.2) is 18.5 Å². The second kappa shape index (κ2) is 7.53. The van der Waals surface area contributed by atoms with Crippen LogP contribution in [0.2, 0.25) is 0 Å². The van der Waals surface area contributed by atoms with E-state index < -0.39 is 0 Å². The van der Waals surface area contributed by atoms with Crippen LogP contribution in [0.15, 0.2) is 30.3 Å². The number of rotatable bonds is 6. The zero-order valence-corrected chi connectivity index (χ0v) is 12.2. The smallest absolute Gasteiger partial charge is 0.165 e. The van der Waals surface area contributed by atoms with Gasteiger partial charge in [-0.3, -0.25) is 4.79 Å². The lowest BCUT2D eigenvalue weighted by molar-refractivity contribution is 0.0912. The maximum Gasteiger partial charge on any atom is 0.165 e. The molecule has 0 aromatic heterocycles. The minimum absolute atomic E-state index is 0.0747. The summed E-state index contributed by atoms with van der Waals surface area (Å²) in [7, 11) is 0. The highest BCUT2D eigenvalue weighted by molar-refractivity contribution is 14.1. The molecular weight excluding hydrogens is 422 g/mol. The topological polar surface area (TPSA) is 35.5 Å². The minimum atomic E-state index is -0.185. The van der Waals surface area contributed by atoms with Gasteiger partial charge in [0.15, 0.2) is 5.78 Å². The van der Waals surface area contributed by atoms with Crippen LogP contribution in [0, 0.1) is 0 Å². The van der Waals surface area contributed by atoms with Gasteiger partial charge in [0, 0.05) is 12.0 Å². The Morgan fingerprint density at radius 3 is 2.47 bits per heavy atom. The first-order valence-corrected chi connectivity index (χ1v) is 6.13. The Morgan fingerprint density at radius 1 is 1.27 bits per heavy atom. The first-order chi connectivity index (χ1) is 7.27. The van der Waals surface area contributed by atoms with E-state index in [2.05, 4.69) is 0 Å². The Labute approximate surface area is 117 Å². The number of Topliss-reactive ketones (excluding diaryl/α,β-unsaturated/α-hetero) is 1. The molecule has 15 heavy (non-hydrogen) atoms. The SMILES string of the molecule is O=C(CC(COI)OI)c1ccccc1. The number of ketones is 1. The molecule has 3 nitrogen and oxygen atoms in total. The maximum atomic E-state index is 11.7. The fourth-order valence-electron chi connectivity index (χ4n) is 1.14. The van der Waals surface area contributed by atoms with Crippen molar-refractivity contribution < 1.29 is 10.9 Å². The van der Waals surface area contributed by atoms with Crippen molar-refractivity contribution in [3.05, 3.63) is 35.9 Å². The van der Waals surface area contributed by atoms with Gasteiger partial charge in [0.25, 0.3) is 0 Å². The zero-order valence-electron chi connectivity index (χ0n) is 7.86. The fourth-order valence-corrected chi connectivity index (χ4v) is 1.86. The molecule has 0 saturated heterocycles. The molecule has 1 aromatic rings. The quantitative estimate of drug-likeness (QED) is 0.511. The monoisotopic (exact) mass is 432 g/mol. The third kappa shape index (κ3) is 4.75. The van der Waals surface area contributed by atoms with Crippen molar-refractivity contribution in [2.24, 2.45) is 0 Å². The van der Waals surface area contributed by atoms with Crippen molar-refractivity contribution in [2.45, 2.75) is 12.5 Å². The molecule has 0 aliphatic rings. The number of hydrogen-bond donors (Lipinski definition) is 0. The lowest BCUT2D eigenvalue weighted by atomic mass is 10.1. The zero-order chi connectivity index (χ0) is 11.1. The molecule has 0 N–H and O–H groups in total. The van der Waals surface area contributed by atoms with Crippen LogP contribution in [-0.2, 0) is 6.13 Å². The van der Waals surface area contributed by atoms with Gasteiger partial charge in [0.2, 0.25) is 0 Å². The Morgan fingerprint density at radius 2 is 1.93 bits per heavy atom. The molecule has 0 spiro atoms. The lowest BCUT2D eigenvalue weighted by Crippen LogP contribution is -2.18. The highest BCUT2D eigenvalue weighted by Gasteiger charge is 2.15. The summed E-state index contributed by atoms with van der Waals surface area (Å²) in [4.78, 5) is 11.7. The number of carbonyl (C=O) groups excluding carboxylic acids is 1. The van der Waals surface area contributed by atoms with Gasteiger partial charge in [0.1, 0.15) is 52.1 Å². The molecule has 0 radical (unpaired) electrons. The van der Waals surface area contributed by atoms with Gasteiger partial charge in [-0.1, -0.05) is 30.3 Å². The summed E-state index contributed by atoms with van der Waals surface area (Å²) < 4.78 is 10.0. The van der Waals surface area contributed by atoms with Gasteiger partial charge in [0.05, 0.1) is 6.61 Å². The Hall–Kier alpha value is 0.270. The van der Waals surface area contributed by atoms with Gasteiger partial charge in [-0.2, -0.15) is 0 Å². The third-order valence-corrected chi connectivity index (χ3v) is 2.96. The van der Waals surface area contributed by atoms with Gasteiger partial charge in [-0.25, -0.2) is 0 Å². The highest BCUT2D eigenvalue weighted by atomic mass is 127. The summed E-state index contributed by atoms with van der Waals surface area (Å²) in [6.45, 7) is 0.419. The predicted molar refractivity (Wildman–Crippen MR) is 74.3 cm³/mol. The molecule has 0 bridgehead atoms. The van der Waals surface area contributed by atoms with Crippen molar-refractivity contribution >= 4 is 51.8 Å². The van der Waals surface area contributed by atoms with Crippen molar-refractivity contribution in [1.29, 1.82) is 0 Å². The molecule has 1 unspecified atom stereocenters. The van der Waals surface area contributed by atoms with Crippen LogP contribution in [0.3, 0.4) is 0 Å². The average Bonchev–Trinajstić information content (AvgIpc) is 2.29. The summed E-state index contributed by atoms with van der Waals surface area (Å²) in [5.41, 5.74) is 0.712. The van der Waals surface area contributed by atoms with E-state index in [9.17, 15) is 4.79 Å². The molecule has 0 saturated carbocycles. The second-order valence-corrected chi connectivity index (χ2v) is 4.11. The summed E-state index contributed by atoms with van der Waals surface area (Å²) >= 11 is 3.58. The van der Waals surface area contributed by atoms with Crippen LogP contribution < -0.4 is 0 Å². The predicted octanol–water partition coefficient (Wildman–Crippen LogP) is 3.36. The molecule has 0 heterocycles. The Bertz CT molecular complexity index is 303. The van der Waals surface area contributed by atoms with E-state index in [0.717, 1.165) is 0 Å². The number of benzene rings is 1. The molecule has 5 heteroatoms. The van der Waals surface area contributed by atoms with Crippen molar-refractivity contribution in [1.82, 2.24) is 0 Å². The van der Waals surface area contributed by atoms with Crippen molar-refractivity contribution in [3.8, 4) is 0 Å². The van der Waals surface area contributed by atoms with Gasteiger partial charge in [-0.05, 0) is 0 Å². The van der Waals surface area contributed by atoms with E-state index in [0.29, 0.717) is 18.6 Å². The van der Waals surface area contributed by atoms with Gasteiger partial charge < -0.3 is 6.13 Å². The second-order valence-electron chi connectivity index (χ2n) is 2.98. The maximum absolute atomic E-state index is 11.7. The number of carbonyl (C=O) groups is 1. The molecule has 0 fully saturated rings. The van der Waals surface area contributed by atoms with E-state index in [-0.39, 0.29) is 11.9 Å². The minimum Gasteiger partial charge on any atom is -0.313 e. The molecule has 1 rings (SSSR count). The summed E-state index contributed by atoms with van der Waals surface area (Å²) in [6, 6.07) is 9.19.